The smallest absolute Gasteiger partial charge is 0.322 e. The Hall–Kier alpha value is -2.08. The molecule has 0 saturated carbocycles. The minimum absolute atomic E-state index is 0.108. The molecule has 1 aliphatic heterocycles. The van der Waals surface area contributed by atoms with Crippen LogP contribution in [0.2, 0.25) is 0 Å². The number of rotatable bonds is 1. The summed E-state index contributed by atoms with van der Waals surface area (Å²) in [6.07, 6.45) is 0. The summed E-state index contributed by atoms with van der Waals surface area (Å²) < 4.78 is 10.6. The van der Waals surface area contributed by atoms with E-state index in [1.54, 1.807) is 11.8 Å². The molecule has 19 heavy (non-hydrogen) atoms. The Kier molecular flexibility index (Phi) is 3.08. The normalized spacial score (nSPS) is 15.7. The highest BCUT2D eigenvalue weighted by molar-refractivity contribution is 5.91. The zero-order valence-electron chi connectivity index (χ0n) is 10.7. The number of aryl methyl sites for hydroxylation is 1. The highest BCUT2D eigenvalue weighted by atomic mass is 16.5. The number of fused-ring (bicyclic) bond motifs is 1. The quantitative estimate of drug-likeness (QED) is 0.852. The Morgan fingerprint density at radius 3 is 2.95 bits per heavy atom. The van der Waals surface area contributed by atoms with Crippen LogP contribution in [0.25, 0.3) is 11.1 Å². The zero-order chi connectivity index (χ0) is 13.2. The topological polar surface area (TPSA) is 67.6 Å². The van der Waals surface area contributed by atoms with Gasteiger partial charge in [0.1, 0.15) is 5.52 Å². The predicted molar refractivity (Wildman–Crippen MR) is 70.2 cm³/mol. The molecule has 2 amide bonds. The number of aromatic nitrogens is 1. The van der Waals surface area contributed by atoms with Gasteiger partial charge in [-0.05, 0) is 18.2 Å². The van der Waals surface area contributed by atoms with Gasteiger partial charge in [0.15, 0.2) is 11.5 Å². The van der Waals surface area contributed by atoms with Gasteiger partial charge >= 0.3 is 6.03 Å². The zero-order valence-corrected chi connectivity index (χ0v) is 10.7. The average molecular weight is 261 g/mol. The Bertz CT molecular complexity index is 602. The number of oxazole rings is 1. The maximum Gasteiger partial charge on any atom is 0.322 e. The first-order chi connectivity index (χ1) is 9.22. The van der Waals surface area contributed by atoms with E-state index in [-0.39, 0.29) is 6.03 Å². The van der Waals surface area contributed by atoms with Crippen molar-refractivity contribution in [1.29, 1.82) is 0 Å². The van der Waals surface area contributed by atoms with Gasteiger partial charge in [-0.2, -0.15) is 0 Å². The summed E-state index contributed by atoms with van der Waals surface area (Å²) in [5.74, 6) is 0.617. The van der Waals surface area contributed by atoms with Crippen LogP contribution >= 0.6 is 0 Å². The number of benzene rings is 1. The van der Waals surface area contributed by atoms with Crippen molar-refractivity contribution in [3.63, 3.8) is 0 Å². The lowest BCUT2D eigenvalue weighted by molar-refractivity contribution is 0.0564. The van der Waals surface area contributed by atoms with Crippen LogP contribution in [0.15, 0.2) is 22.6 Å². The minimum atomic E-state index is -0.108. The third-order valence-corrected chi connectivity index (χ3v) is 3.04. The molecule has 6 nitrogen and oxygen atoms in total. The van der Waals surface area contributed by atoms with E-state index in [0.29, 0.717) is 32.2 Å². The van der Waals surface area contributed by atoms with Crippen molar-refractivity contribution >= 4 is 22.8 Å². The molecule has 1 aliphatic rings. The predicted octanol–water partition coefficient (Wildman–Crippen LogP) is 2.00. The first-order valence-electron chi connectivity index (χ1n) is 6.23. The second kappa shape index (κ2) is 4.89. The molecular formula is C13H15N3O3. The molecule has 1 aromatic heterocycles. The lowest BCUT2D eigenvalue weighted by Crippen LogP contribution is -2.43. The van der Waals surface area contributed by atoms with E-state index in [1.807, 2.05) is 18.2 Å². The van der Waals surface area contributed by atoms with Crippen molar-refractivity contribution in [2.45, 2.75) is 6.92 Å². The highest BCUT2D eigenvalue weighted by Crippen LogP contribution is 2.20. The summed E-state index contributed by atoms with van der Waals surface area (Å²) >= 11 is 0. The van der Waals surface area contributed by atoms with E-state index in [2.05, 4.69) is 10.3 Å². The van der Waals surface area contributed by atoms with E-state index in [9.17, 15) is 4.79 Å². The van der Waals surface area contributed by atoms with Crippen molar-refractivity contribution in [2.75, 3.05) is 31.6 Å². The maximum atomic E-state index is 12.0. The fraction of sp³-hybridized carbons (Fsp3) is 0.385. The van der Waals surface area contributed by atoms with Crippen molar-refractivity contribution in [3.8, 4) is 0 Å². The third-order valence-electron chi connectivity index (χ3n) is 3.04. The van der Waals surface area contributed by atoms with Crippen LogP contribution in [0.3, 0.4) is 0 Å². The molecule has 2 heterocycles. The molecule has 0 unspecified atom stereocenters. The summed E-state index contributed by atoms with van der Waals surface area (Å²) in [7, 11) is 0. The van der Waals surface area contributed by atoms with Crippen LogP contribution in [0, 0.1) is 6.92 Å². The number of ether oxygens (including phenoxy) is 1. The van der Waals surface area contributed by atoms with Crippen LogP contribution in [0.1, 0.15) is 5.89 Å². The van der Waals surface area contributed by atoms with Gasteiger partial charge in [-0.25, -0.2) is 9.78 Å². The van der Waals surface area contributed by atoms with E-state index in [1.165, 1.54) is 0 Å². The number of carbonyl (C=O) groups excluding carboxylic acids is 1. The van der Waals surface area contributed by atoms with Gasteiger partial charge in [-0.3, -0.25) is 0 Å². The van der Waals surface area contributed by atoms with Gasteiger partial charge in [-0.15, -0.1) is 0 Å². The van der Waals surface area contributed by atoms with Gasteiger partial charge in [-0.1, -0.05) is 0 Å². The minimum Gasteiger partial charge on any atom is -0.441 e. The van der Waals surface area contributed by atoms with Crippen LogP contribution < -0.4 is 5.32 Å². The molecule has 1 N–H and O–H groups in total. The third kappa shape index (κ3) is 2.53. The second-order valence-electron chi connectivity index (χ2n) is 4.44. The Labute approximate surface area is 110 Å². The molecule has 0 atom stereocenters. The molecule has 2 aromatic rings. The van der Waals surface area contributed by atoms with E-state index < -0.39 is 0 Å². The summed E-state index contributed by atoms with van der Waals surface area (Å²) in [6.45, 7) is 4.23. The number of amides is 2. The Balaban J connectivity index is 1.74. The van der Waals surface area contributed by atoms with Crippen molar-refractivity contribution < 1.29 is 13.9 Å². The monoisotopic (exact) mass is 261 g/mol. The van der Waals surface area contributed by atoms with E-state index in [0.717, 1.165) is 16.8 Å². The van der Waals surface area contributed by atoms with Gasteiger partial charge in [0.25, 0.3) is 0 Å². The molecule has 0 bridgehead atoms. The molecule has 0 radical (unpaired) electrons. The second-order valence-corrected chi connectivity index (χ2v) is 4.44. The van der Waals surface area contributed by atoms with Crippen LogP contribution in [-0.4, -0.2) is 42.2 Å². The number of anilines is 1. The summed E-state index contributed by atoms with van der Waals surface area (Å²) in [6, 6.07) is 5.32. The first kappa shape index (κ1) is 12.0. The highest BCUT2D eigenvalue weighted by Gasteiger charge is 2.16. The summed E-state index contributed by atoms with van der Waals surface area (Å²) in [5.41, 5.74) is 2.19. The van der Waals surface area contributed by atoms with Crippen molar-refractivity contribution in [3.05, 3.63) is 24.1 Å². The van der Waals surface area contributed by atoms with Gasteiger partial charge < -0.3 is 19.4 Å². The molecule has 3 rings (SSSR count). The number of hydrogen-bond donors (Lipinski definition) is 1. The van der Waals surface area contributed by atoms with Gasteiger partial charge in [0.2, 0.25) is 0 Å². The van der Waals surface area contributed by atoms with Gasteiger partial charge in [0.05, 0.1) is 13.2 Å². The molecule has 1 aromatic carbocycles. The van der Waals surface area contributed by atoms with E-state index in [4.69, 9.17) is 9.15 Å². The Morgan fingerprint density at radius 1 is 1.37 bits per heavy atom. The fourth-order valence-electron chi connectivity index (χ4n) is 2.09. The Morgan fingerprint density at radius 2 is 2.16 bits per heavy atom. The van der Waals surface area contributed by atoms with Crippen LogP contribution in [0.4, 0.5) is 10.5 Å². The largest absolute Gasteiger partial charge is 0.441 e. The molecule has 100 valence electrons. The molecule has 0 spiro atoms. The van der Waals surface area contributed by atoms with Crippen molar-refractivity contribution in [1.82, 2.24) is 9.88 Å². The summed E-state index contributed by atoms with van der Waals surface area (Å²) in [4.78, 5) is 18.0. The van der Waals surface area contributed by atoms with Gasteiger partial charge in [0, 0.05) is 25.7 Å². The average Bonchev–Trinajstić information content (AvgIpc) is 2.79. The number of hydrogen-bond acceptors (Lipinski definition) is 4. The van der Waals surface area contributed by atoms with Crippen LogP contribution in [-0.2, 0) is 4.74 Å². The van der Waals surface area contributed by atoms with E-state index >= 15 is 0 Å². The lowest BCUT2D eigenvalue weighted by atomic mass is 10.3. The number of nitrogens with zero attached hydrogens (tertiary/aromatic N) is 2. The number of morpholine rings is 1. The molecule has 1 fully saturated rings. The maximum absolute atomic E-state index is 12.0. The molecule has 6 heteroatoms. The lowest BCUT2D eigenvalue weighted by Gasteiger charge is -2.26. The first-order valence-corrected chi connectivity index (χ1v) is 6.23. The van der Waals surface area contributed by atoms with Crippen molar-refractivity contribution in [2.24, 2.45) is 0 Å². The van der Waals surface area contributed by atoms with Crippen LogP contribution in [0.5, 0.6) is 0 Å². The fourth-order valence-corrected chi connectivity index (χ4v) is 2.09. The molecule has 1 saturated heterocycles. The molecule has 0 aliphatic carbocycles. The number of urea groups is 1. The number of carbonyl (C=O) groups is 1. The molecular weight excluding hydrogens is 246 g/mol. The standard InChI is InChI=1S/C13H15N3O3/c1-9-14-11-8-10(2-3-12(11)19-9)15-13(17)16-4-6-18-7-5-16/h2-3,8H,4-7H2,1H3,(H,15,17). The number of nitrogens with one attached hydrogen (secondary N) is 1. The summed E-state index contributed by atoms with van der Waals surface area (Å²) in [5, 5.41) is 2.86. The SMILES string of the molecule is Cc1nc2cc(NC(=O)N3CCOCC3)ccc2o1.